The standard InChI is InChI=1S/C20H22Br2O3/c1-4-10-24-18-8-7-15(12-16(18)21)20(23)25-19-9-6-14(11-17(19)22)13(3)5-2/h6-9,11-13H,4-5,10H2,1-3H3. The second-order valence-corrected chi connectivity index (χ2v) is 7.59. The van der Waals surface area contributed by atoms with Gasteiger partial charge < -0.3 is 9.47 Å². The normalized spacial score (nSPS) is 11.9. The Kier molecular flexibility index (Phi) is 7.51. The van der Waals surface area contributed by atoms with Crippen LogP contribution in [0.1, 0.15) is 55.5 Å². The molecule has 0 aliphatic carbocycles. The molecule has 0 bridgehead atoms. The fraction of sp³-hybridized carbons (Fsp3) is 0.350. The smallest absolute Gasteiger partial charge is 0.343 e. The predicted octanol–water partition coefficient (Wildman–Crippen LogP) is 6.73. The lowest BCUT2D eigenvalue weighted by Crippen LogP contribution is -2.09. The number of ether oxygens (including phenoxy) is 2. The van der Waals surface area contributed by atoms with E-state index in [2.05, 4.69) is 45.7 Å². The van der Waals surface area contributed by atoms with Crippen molar-refractivity contribution in [1.29, 1.82) is 0 Å². The van der Waals surface area contributed by atoms with Gasteiger partial charge in [0.1, 0.15) is 11.5 Å². The lowest BCUT2D eigenvalue weighted by atomic mass is 9.99. The number of benzene rings is 2. The maximum atomic E-state index is 12.4. The average Bonchev–Trinajstić information content (AvgIpc) is 2.61. The van der Waals surface area contributed by atoms with Gasteiger partial charge in [0.05, 0.1) is 21.1 Å². The number of esters is 1. The average molecular weight is 470 g/mol. The molecule has 3 nitrogen and oxygen atoms in total. The van der Waals surface area contributed by atoms with Crippen LogP contribution in [0.2, 0.25) is 0 Å². The molecular weight excluding hydrogens is 448 g/mol. The Morgan fingerprint density at radius 2 is 1.72 bits per heavy atom. The molecule has 0 N–H and O–H groups in total. The fourth-order valence-corrected chi connectivity index (χ4v) is 3.23. The van der Waals surface area contributed by atoms with Gasteiger partial charge in [-0.25, -0.2) is 4.79 Å². The third-order valence-corrected chi connectivity index (χ3v) is 5.21. The van der Waals surface area contributed by atoms with Crippen LogP contribution in [0.25, 0.3) is 0 Å². The van der Waals surface area contributed by atoms with Gasteiger partial charge in [-0.3, -0.25) is 0 Å². The first-order valence-electron chi connectivity index (χ1n) is 8.40. The Labute approximate surface area is 166 Å². The van der Waals surface area contributed by atoms with Gasteiger partial charge in [-0.05, 0) is 86.5 Å². The molecule has 0 saturated heterocycles. The first-order chi connectivity index (χ1) is 12.0. The highest BCUT2D eigenvalue weighted by Crippen LogP contribution is 2.31. The second kappa shape index (κ2) is 9.39. The summed E-state index contributed by atoms with van der Waals surface area (Å²) in [5.41, 5.74) is 1.68. The SMILES string of the molecule is CCCOc1ccc(C(=O)Oc2ccc(C(C)CC)cc2Br)cc1Br. The van der Waals surface area contributed by atoms with Crippen LogP contribution in [-0.2, 0) is 0 Å². The van der Waals surface area contributed by atoms with Gasteiger partial charge in [0, 0.05) is 0 Å². The van der Waals surface area contributed by atoms with Crippen molar-refractivity contribution in [3.63, 3.8) is 0 Å². The van der Waals surface area contributed by atoms with Gasteiger partial charge in [0.25, 0.3) is 0 Å². The van der Waals surface area contributed by atoms with Crippen LogP contribution < -0.4 is 9.47 Å². The van der Waals surface area contributed by atoms with Gasteiger partial charge in [0.2, 0.25) is 0 Å². The highest BCUT2D eigenvalue weighted by molar-refractivity contribution is 9.10. The summed E-state index contributed by atoms with van der Waals surface area (Å²) >= 11 is 6.93. The minimum Gasteiger partial charge on any atom is -0.492 e. The molecule has 0 aliphatic rings. The molecule has 2 rings (SSSR count). The first kappa shape index (κ1) is 20.0. The topological polar surface area (TPSA) is 35.5 Å². The number of hydrogen-bond donors (Lipinski definition) is 0. The van der Waals surface area contributed by atoms with Crippen molar-refractivity contribution >= 4 is 37.8 Å². The third-order valence-electron chi connectivity index (χ3n) is 3.97. The van der Waals surface area contributed by atoms with Crippen LogP contribution in [0.15, 0.2) is 45.3 Å². The molecule has 0 heterocycles. The van der Waals surface area contributed by atoms with Crippen LogP contribution in [0.5, 0.6) is 11.5 Å². The van der Waals surface area contributed by atoms with Crippen LogP contribution in [0.4, 0.5) is 0 Å². The summed E-state index contributed by atoms with van der Waals surface area (Å²) in [6.45, 7) is 7.01. The van der Waals surface area contributed by atoms with Crippen LogP contribution in [0, 0.1) is 0 Å². The zero-order chi connectivity index (χ0) is 18.4. The van der Waals surface area contributed by atoms with E-state index in [1.165, 1.54) is 5.56 Å². The minimum atomic E-state index is -0.403. The Bertz CT molecular complexity index is 744. The number of carbonyl (C=O) groups is 1. The highest BCUT2D eigenvalue weighted by Gasteiger charge is 2.14. The molecule has 5 heteroatoms. The molecule has 25 heavy (non-hydrogen) atoms. The summed E-state index contributed by atoms with van der Waals surface area (Å²) in [7, 11) is 0. The Hall–Kier alpha value is -1.33. The molecule has 0 spiro atoms. The van der Waals surface area contributed by atoms with Gasteiger partial charge >= 0.3 is 5.97 Å². The monoisotopic (exact) mass is 468 g/mol. The van der Waals surface area contributed by atoms with Crippen LogP contribution >= 0.6 is 31.9 Å². The quantitative estimate of drug-likeness (QED) is 0.333. The van der Waals surface area contributed by atoms with Crippen molar-refractivity contribution in [3.8, 4) is 11.5 Å². The molecule has 0 amide bonds. The van der Waals surface area contributed by atoms with Crippen molar-refractivity contribution < 1.29 is 14.3 Å². The Morgan fingerprint density at radius 3 is 2.32 bits per heavy atom. The Balaban J connectivity index is 2.13. The fourth-order valence-electron chi connectivity index (χ4n) is 2.26. The van der Waals surface area contributed by atoms with E-state index in [0.717, 1.165) is 27.5 Å². The third kappa shape index (κ3) is 5.32. The zero-order valence-electron chi connectivity index (χ0n) is 14.6. The number of halogens is 2. The van der Waals surface area contributed by atoms with E-state index in [0.29, 0.717) is 23.8 Å². The zero-order valence-corrected chi connectivity index (χ0v) is 17.8. The maximum absolute atomic E-state index is 12.4. The number of carbonyl (C=O) groups excluding carboxylic acids is 1. The van der Waals surface area contributed by atoms with E-state index in [4.69, 9.17) is 9.47 Å². The molecule has 2 aromatic carbocycles. The van der Waals surface area contributed by atoms with Crippen molar-refractivity contribution in [2.45, 2.75) is 39.5 Å². The molecule has 0 fully saturated rings. The van der Waals surface area contributed by atoms with Crippen molar-refractivity contribution in [2.24, 2.45) is 0 Å². The molecular formula is C20H22Br2O3. The maximum Gasteiger partial charge on any atom is 0.343 e. The van der Waals surface area contributed by atoms with E-state index in [1.807, 2.05) is 25.1 Å². The lowest BCUT2D eigenvalue weighted by Gasteiger charge is -2.12. The van der Waals surface area contributed by atoms with E-state index < -0.39 is 5.97 Å². The summed E-state index contributed by atoms with van der Waals surface area (Å²) < 4.78 is 12.6. The molecule has 134 valence electrons. The first-order valence-corrected chi connectivity index (χ1v) is 9.98. The summed E-state index contributed by atoms with van der Waals surface area (Å²) in [6, 6.07) is 11.0. The molecule has 0 aromatic heterocycles. The van der Waals surface area contributed by atoms with E-state index in [-0.39, 0.29) is 0 Å². The summed E-state index contributed by atoms with van der Waals surface area (Å²) in [4.78, 5) is 12.4. The van der Waals surface area contributed by atoms with Crippen molar-refractivity contribution in [3.05, 3.63) is 56.5 Å². The minimum absolute atomic E-state index is 0.403. The van der Waals surface area contributed by atoms with Crippen molar-refractivity contribution in [1.82, 2.24) is 0 Å². The lowest BCUT2D eigenvalue weighted by molar-refractivity contribution is 0.0733. The van der Waals surface area contributed by atoms with Crippen LogP contribution in [0.3, 0.4) is 0 Å². The molecule has 1 unspecified atom stereocenters. The van der Waals surface area contributed by atoms with E-state index >= 15 is 0 Å². The van der Waals surface area contributed by atoms with E-state index in [9.17, 15) is 4.79 Å². The molecule has 0 saturated carbocycles. The van der Waals surface area contributed by atoms with Gasteiger partial charge in [0.15, 0.2) is 0 Å². The number of hydrogen-bond acceptors (Lipinski definition) is 3. The van der Waals surface area contributed by atoms with Gasteiger partial charge in [-0.2, -0.15) is 0 Å². The summed E-state index contributed by atoms with van der Waals surface area (Å²) in [5.74, 6) is 1.30. The van der Waals surface area contributed by atoms with Crippen LogP contribution in [-0.4, -0.2) is 12.6 Å². The summed E-state index contributed by atoms with van der Waals surface area (Å²) in [6.07, 6.45) is 1.99. The van der Waals surface area contributed by atoms with Gasteiger partial charge in [-0.15, -0.1) is 0 Å². The Morgan fingerprint density at radius 1 is 1.04 bits per heavy atom. The molecule has 0 aliphatic heterocycles. The molecule has 1 atom stereocenters. The largest absolute Gasteiger partial charge is 0.492 e. The van der Waals surface area contributed by atoms with Gasteiger partial charge in [-0.1, -0.05) is 26.8 Å². The predicted molar refractivity (Wildman–Crippen MR) is 108 cm³/mol. The highest BCUT2D eigenvalue weighted by atomic mass is 79.9. The number of rotatable bonds is 7. The molecule has 2 aromatic rings. The van der Waals surface area contributed by atoms with E-state index in [1.54, 1.807) is 18.2 Å². The van der Waals surface area contributed by atoms with Crippen molar-refractivity contribution in [2.75, 3.05) is 6.61 Å². The molecule has 0 radical (unpaired) electrons. The second-order valence-electron chi connectivity index (χ2n) is 5.88. The summed E-state index contributed by atoms with van der Waals surface area (Å²) in [5, 5.41) is 0.